The van der Waals surface area contributed by atoms with E-state index in [1.54, 1.807) is 39.8 Å². The average Bonchev–Trinajstić information content (AvgIpc) is 3.90. The molecule has 0 amide bonds. The molecule has 1 aliphatic rings. The van der Waals surface area contributed by atoms with E-state index in [9.17, 15) is 27.9 Å². The first-order chi connectivity index (χ1) is 31.9. The van der Waals surface area contributed by atoms with Gasteiger partial charge in [-0.2, -0.15) is 23.3 Å². The third-order valence-electron chi connectivity index (χ3n) is 11.3. The number of hydrogen-bond acceptors (Lipinski definition) is 11. The van der Waals surface area contributed by atoms with Crippen LogP contribution in [0.2, 0.25) is 5.02 Å². The lowest BCUT2D eigenvalue weighted by atomic mass is 9.72. The van der Waals surface area contributed by atoms with Gasteiger partial charge >= 0.3 is 12.1 Å². The van der Waals surface area contributed by atoms with Crippen molar-refractivity contribution in [3.05, 3.63) is 145 Å². The Labute approximate surface area is 406 Å². The van der Waals surface area contributed by atoms with E-state index in [0.29, 0.717) is 47.7 Å². The zero-order valence-electron chi connectivity index (χ0n) is 38.2. The van der Waals surface area contributed by atoms with E-state index in [4.69, 9.17) is 30.5 Å². The molecule has 1 aliphatic carbocycles. The van der Waals surface area contributed by atoms with Crippen LogP contribution in [0.1, 0.15) is 75.8 Å². The maximum absolute atomic E-state index is 12.7. The highest BCUT2D eigenvalue weighted by Crippen LogP contribution is 2.51. The molecule has 2 unspecified atom stereocenters. The quantitative estimate of drug-likeness (QED) is 0.0453. The van der Waals surface area contributed by atoms with E-state index in [2.05, 4.69) is 56.5 Å². The van der Waals surface area contributed by atoms with Crippen molar-refractivity contribution in [1.82, 2.24) is 29.3 Å². The van der Waals surface area contributed by atoms with Gasteiger partial charge in [0.1, 0.15) is 30.5 Å². The fourth-order valence-corrected chi connectivity index (χ4v) is 8.30. The number of carbonyl (C=O) groups excluding carboxylic acids is 1. The maximum atomic E-state index is 12.7. The fraction of sp³-hybridized carbons (Fsp3) is 0.388. The molecule has 1 N–H and O–H groups in total. The molecule has 0 aliphatic heterocycles. The van der Waals surface area contributed by atoms with Crippen molar-refractivity contribution in [3.8, 4) is 11.9 Å². The summed E-state index contributed by atoms with van der Waals surface area (Å²) in [6, 6.07) is 24.2. The van der Waals surface area contributed by atoms with E-state index in [1.807, 2.05) is 56.3 Å². The molecule has 1 saturated carbocycles. The molecule has 3 aromatic heterocycles. The monoisotopic (exact) mass is 1060 g/mol. The number of alkyl halides is 3. The minimum absolute atomic E-state index is 0.0172. The lowest BCUT2D eigenvalue weighted by molar-refractivity contribution is -0.141. The first-order valence-electron chi connectivity index (χ1n) is 21.6. The Kier molecular flexibility index (Phi) is 18.8. The van der Waals surface area contributed by atoms with Crippen LogP contribution < -0.4 is 15.0 Å². The third kappa shape index (κ3) is 13.8. The number of ether oxygens (including phenoxy) is 4. The van der Waals surface area contributed by atoms with Crippen LogP contribution in [0, 0.1) is 14.9 Å². The molecule has 0 spiro atoms. The molecule has 7 rings (SSSR count). The maximum Gasteiger partial charge on any atom is 0.433 e. The topological polar surface area (TPSA) is 153 Å². The molecule has 3 heterocycles. The SMILES string of the molecule is CC1(C)CCC(Cc2ccc(Cl)cc2)C1(O)Cn1cncn1.CCCOc1nc2ccc(I)cc2c(=O)n1CCC.CO/C=C(/C(=O)OC)c1ccccc1COc1cccc(C(F)(F)F)n1. The Morgan fingerprint density at radius 3 is 2.39 bits per heavy atom. The van der Waals surface area contributed by atoms with Crippen molar-refractivity contribution in [1.29, 1.82) is 0 Å². The normalized spacial score (nSPS) is 16.6. The summed E-state index contributed by atoms with van der Waals surface area (Å²) >= 11 is 8.16. The zero-order valence-corrected chi connectivity index (χ0v) is 41.1. The number of pyridine rings is 1. The second kappa shape index (κ2) is 24.0. The number of benzene rings is 3. The number of esters is 1. The van der Waals surface area contributed by atoms with Crippen LogP contribution in [0.25, 0.3) is 16.5 Å². The summed E-state index contributed by atoms with van der Waals surface area (Å²) in [6.07, 6.45) is 4.50. The van der Waals surface area contributed by atoms with E-state index in [-0.39, 0.29) is 35.0 Å². The van der Waals surface area contributed by atoms with Gasteiger partial charge in [0.05, 0.1) is 50.1 Å². The van der Waals surface area contributed by atoms with Gasteiger partial charge in [0.2, 0.25) is 5.88 Å². The molecule has 0 bridgehead atoms. The summed E-state index contributed by atoms with van der Waals surface area (Å²) in [5.74, 6) is -0.589. The van der Waals surface area contributed by atoms with Crippen LogP contribution in [0.3, 0.4) is 0 Å². The van der Waals surface area contributed by atoms with Gasteiger partial charge in [-0.1, -0.05) is 81.8 Å². The zero-order chi connectivity index (χ0) is 48.8. The average molecular weight is 1060 g/mol. The molecule has 67 heavy (non-hydrogen) atoms. The number of fused-ring (bicyclic) bond motifs is 1. The summed E-state index contributed by atoms with van der Waals surface area (Å²) in [6.45, 7) is 9.96. The van der Waals surface area contributed by atoms with Crippen LogP contribution in [0.4, 0.5) is 13.2 Å². The first kappa shape index (κ1) is 52.4. The smallest absolute Gasteiger partial charge is 0.433 e. The molecule has 6 aromatic rings. The Balaban J connectivity index is 0.000000190. The summed E-state index contributed by atoms with van der Waals surface area (Å²) in [5.41, 5.74) is 1.11. The second-order valence-electron chi connectivity index (χ2n) is 16.4. The van der Waals surface area contributed by atoms with Crippen molar-refractivity contribution in [2.24, 2.45) is 11.3 Å². The predicted molar refractivity (Wildman–Crippen MR) is 258 cm³/mol. The van der Waals surface area contributed by atoms with Crippen molar-refractivity contribution in [2.45, 2.75) is 91.3 Å². The summed E-state index contributed by atoms with van der Waals surface area (Å²) < 4.78 is 63.2. The van der Waals surface area contributed by atoms with Crippen molar-refractivity contribution in [2.75, 3.05) is 20.8 Å². The number of halogens is 5. The number of aliphatic hydroxyl groups is 1. The van der Waals surface area contributed by atoms with Crippen LogP contribution >= 0.6 is 34.2 Å². The number of nitrogens with zero attached hydrogens (tertiary/aromatic N) is 6. The predicted octanol–water partition coefficient (Wildman–Crippen LogP) is 10.4. The Morgan fingerprint density at radius 1 is 0.985 bits per heavy atom. The van der Waals surface area contributed by atoms with E-state index in [0.717, 1.165) is 46.8 Å². The van der Waals surface area contributed by atoms with Gasteiger partial charge in [-0.3, -0.25) is 14.0 Å². The van der Waals surface area contributed by atoms with Gasteiger partial charge in [-0.25, -0.2) is 14.8 Å². The molecule has 0 saturated heterocycles. The van der Waals surface area contributed by atoms with Crippen LogP contribution in [-0.4, -0.2) is 66.8 Å². The first-order valence-corrected chi connectivity index (χ1v) is 23.1. The number of methoxy groups -OCH3 is 2. The van der Waals surface area contributed by atoms with Crippen LogP contribution in [0.5, 0.6) is 11.9 Å². The van der Waals surface area contributed by atoms with Crippen LogP contribution in [0.15, 0.2) is 109 Å². The van der Waals surface area contributed by atoms with Crippen molar-refractivity contribution >= 4 is 56.6 Å². The molecule has 1 fully saturated rings. The van der Waals surface area contributed by atoms with Gasteiger partial charge in [0, 0.05) is 21.2 Å². The molecule has 13 nitrogen and oxygen atoms in total. The fourth-order valence-electron chi connectivity index (χ4n) is 7.68. The van der Waals surface area contributed by atoms with E-state index >= 15 is 0 Å². The molecular weight excluding hydrogens is 1000 g/mol. The van der Waals surface area contributed by atoms with Crippen molar-refractivity contribution < 1.29 is 42.0 Å². The van der Waals surface area contributed by atoms with Gasteiger partial charge in [-0.15, -0.1) is 0 Å². The number of carbonyl (C=O) groups is 1. The minimum atomic E-state index is -4.56. The summed E-state index contributed by atoms with van der Waals surface area (Å²) in [7, 11) is 2.62. The lowest BCUT2D eigenvalue weighted by Gasteiger charge is -2.40. The van der Waals surface area contributed by atoms with Crippen molar-refractivity contribution in [3.63, 3.8) is 0 Å². The van der Waals surface area contributed by atoms with Gasteiger partial charge in [-0.05, 0) is 119 Å². The Hall–Kier alpha value is -5.53. The number of aromatic nitrogens is 6. The minimum Gasteiger partial charge on any atom is -0.503 e. The standard InChI is InChI=1S/C18H16F3NO4.C17H22ClN3O.C14H17IN2O2/c1-24-11-14(17(23)25-2)13-7-4-3-6-12(13)10-26-16-9-5-8-15(22-16)18(19,20)21;1-16(2)8-7-14(9-13-3-5-15(18)6-4-13)17(16,22)10-21-12-19-11-20-21;1-3-7-17-13(18)11-9-10(15)5-6-12(11)16-14(17)19-8-4-2/h3-9,11H,10H2,1-2H3;3-6,11-12,14,22H,7-10H2,1-2H3;5-6,9H,3-4,7-8H2,1-2H3/b14-11+;;. The molecule has 2 atom stereocenters. The third-order valence-corrected chi connectivity index (χ3v) is 12.3. The molecule has 18 heteroatoms. The molecule has 3 aromatic carbocycles. The van der Waals surface area contributed by atoms with Gasteiger partial charge in [0.15, 0.2) is 0 Å². The summed E-state index contributed by atoms with van der Waals surface area (Å²) in [5, 5.41) is 17.0. The summed E-state index contributed by atoms with van der Waals surface area (Å²) in [4.78, 5) is 36.3. The number of rotatable bonds is 15. The number of hydrogen-bond donors (Lipinski definition) is 1. The Morgan fingerprint density at radius 2 is 1.73 bits per heavy atom. The highest BCUT2D eigenvalue weighted by atomic mass is 127. The lowest BCUT2D eigenvalue weighted by Crippen LogP contribution is -2.49. The second-order valence-corrected chi connectivity index (χ2v) is 18.1. The highest BCUT2D eigenvalue weighted by Gasteiger charge is 2.54. The Bertz CT molecular complexity index is 2650. The van der Waals surface area contributed by atoms with E-state index in [1.165, 1.54) is 44.5 Å². The molecule has 0 radical (unpaired) electrons. The largest absolute Gasteiger partial charge is 0.503 e. The van der Waals surface area contributed by atoms with Gasteiger partial charge < -0.3 is 24.1 Å². The van der Waals surface area contributed by atoms with E-state index < -0.39 is 23.4 Å². The molecule has 358 valence electrons. The molecular formula is C49H55ClF3IN6O7. The van der Waals surface area contributed by atoms with Gasteiger partial charge in [0.25, 0.3) is 11.6 Å². The highest BCUT2D eigenvalue weighted by molar-refractivity contribution is 14.1. The van der Waals surface area contributed by atoms with Crippen LogP contribution in [-0.2, 0) is 46.6 Å².